The van der Waals surface area contributed by atoms with Crippen molar-refractivity contribution < 1.29 is 14.7 Å². The van der Waals surface area contributed by atoms with Gasteiger partial charge in [-0.2, -0.15) is 0 Å². The molecule has 1 unspecified atom stereocenters. The molecule has 0 aromatic rings. The fourth-order valence-corrected chi connectivity index (χ4v) is 3.50. The summed E-state index contributed by atoms with van der Waals surface area (Å²) in [5.41, 5.74) is 0. The largest absolute Gasteiger partial charge is 0.481 e. The number of hydrogen-bond acceptors (Lipinski definition) is 2. The Balaban J connectivity index is 2.01. The summed E-state index contributed by atoms with van der Waals surface area (Å²) in [6, 6.07) is 0. The third kappa shape index (κ3) is 13.2. The van der Waals surface area contributed by atoms with Crippen LogP contribution in [-0.2, 0) is 9.59 Å². The number of hydrogen-bond donors (Lipinski definition) is 1. The fourth-order valence-electron chi connectivity index (χ4n) is 3.50. The zero-order valence-electron chi connectivity index (χ0n) is 18.8. The number of carboxylic acid groups (broad SMARTS) is 1. The van der Waals surface area contributed by atoms with Gasteiger partial charge in [-0.25, -0.2) is 0 Å². The van der Waals surface area contributed by atoms with Gasteiger partial charge < -0.3 is 10.0 Å². The quantitative estimate of drug-likeness (QED) is 0.247. The lowest BCUT2D eigenvalue weighted by atomic mass is 9.98. The van der Waals surface area contributed by atoms with Gasteiger partial charge in [-0.1, -0.05) is 68.4 Å². The van der Waals surface area contributed by atoms with Gasteiger partial charge in [0.2, 0.25) is 5.91 Å². The Morgan fingerprint density at radius 1 is 0.867 bits per heavy atom. The number of carbonyl (C=O) groups is 2. The van der Waals surface area contributed by atoms with E-state index in [0.29, 0.717) is 25.9 Å². The summed E-state index contributed by atoms with van der Waals surface area (Å²) in [5, 5.41) is 9.11. The Bertz CT molecular complexity index is 589. The van der Waals surface area contributed by atoms with Gasteiger partial charge >= 0.3 is 5.97 Å². The van der Waals surface area contributed by atoms with E-state index in [0.717, 1.165) is 38.5 Å². The molecule has 0 aromatic carbocycles. The number of carbonyl (C=O) groups excluding carboxylic acids is 1. The number of nitrogens with zero attached hydrogens (tertiary/aromatic N) is 1. The van der Waals surface area contributed by atoms with E-state index in [-0.39, 0.29) is 5.91 Å². The maximum absolute atomic E-state index is 12.2. The van der Waals surface area contributed by atoms with E-state index in [1.807, 2.05) is 0 Å². The van der Waals surface area contributed by atoms with Gasteiger partial charge in [0.05, 0.1) is 5.92 Å². The van der Waals surface area contributed by atoms with Crippen LogP contribution >= 0.6 is 0 Å². The van der Waals surface area contributed by atoms with Crippen molar-refractivity contribution in [2.75, 3.05) is 13.1 Å². The molecule has 0 saturated carbocycles. The molecule has 0 aromatic heterocycles. The number of amides is 1. The van der Waals surface area contributed by atoms with Crippen molar-refractivity contribution in [1.82, 2.24) is 4.90 Å². The first-order valence-electron chi connectivity index (χ1n) is 11.8. The van der Waals surface area contributed by atoms with E-state index >= 15 is 0 Å². The van der Waals surface area contributed by atoms with Crippen molar-refractivity contribution >= 4 is 11.9 Å². The number of piperidine rings is 1. The fraction of sp³-hybridized carbons (Fsp3) is 0.615. The molecule has 0 aliphatic carbocycles. The Kier molecular flexibility index (Phi) is 15.3. The van der Waals surface area contributed by atoms with Crippen LogP contribution in [0.25, 0.3) is 0 Å². The highest BCUT2D eigenvalue weighted by Gasteiger charge is 2.27. The summed E-state index contributed by atoms with van der Waals surface area (Å²) < 4.78 is 0. The minimum atomic E-state index is -0.784. The highest BCUT2D eigenvalue weighted by Crippen LogP contribution is 2.18. The molecule has 30 heavy (non-hydrogen) atoms. The van der Waals surface area contributed by atoms with E-state index < -0.39 is 11.9 Å². The lowest BCUT2D eigenvalue weighted by Crippen LogP contribution is -2.42. The minimum Gasteiger partial charge on any atom is -0.481 e. The van der Waals surface area contributed by atoms with Crippen LogP contribution in [0.15, 0.2) is 48.6 Å². The van der Waals surface area contributed by atoms with Gasteiger partial charge in [0, 0.05) is 19.5 Å². The topological polar surface area (TPSA) is 57.6 Å². The van der Waals surface area contributed by atoms with Gasteiger partial charge in [-0.15, -0.1) is 0 Å². The van der Waals surface area contributed by atoms with Crippen molar-refractivity contribution in [3.63, 3.8) is 0 Å². The average Bonchev–Trinajstić information content (AvgIpc) is 2.75. The molecule has 4 heteroatoms. The molecule has 0 bridgehead atoms. The zero-order chi connectivity index (χ0) is 21.9. The van der Waals surface area contributed by atoms with Crippen LogP contribution in [0.1, 0.15) is 84.0 Å². The van der Waals surface area contributed by atoms with E-state index in [4.69, 9.17) is 5.11 Å². The van der Waals surface area contributed by atoms with E-state index in [1.165, 1.54) is 25.7 Å². The molecular weight excluding hydrogens is 374 g/mol. The molecule has 1 heterocycles. The first kappa shape index (κ1) is 25.9. The van der Waals surface area contributed by atoms with Gasteiger partial charge in [-0.05, 0) is 57.8 Å². The minimum absolute atomic E-state index is 0.0943. The summed E-state index contributed by atoms with van der Waals surface area (Å²) in [4.78, 5) is 25.0. The first-order valence-corrected chi connectivity index (χ1v) is 11.8. The third-order valence-corrected chi connectivity index (χ3v) is 5.34. The normalized spacial score (nSPS) is 17.8. The summed E-state index contributed by atoms with van der Waals surface area (Å²) in [5.74, 6) is -1.08. The molecule has 1 rings (SSSR count). The smallest absolute Gasteiger partial charge is 0.308 e. The highest BCUT2D eigenvalue weighted by atomic mass is 16.4. The lowest BCUT2D eigenvalue weighted by Gasteiger charge is -2.30. The Morgan fingerprint density at radius 3 is 2.00 bits per heavy atom. The number of allylic oxidation sites excluding steroid dienone is 8. The second-order valence-electron chi connectivity index (χ2n) is 8.00. The summed E-state index contributed by atoms with van der Waals surface area (Å²) in [6.45, 7) is 3.31. The Hall–Kier alpha value is -2.10. The molecule has 1 saturated heterocycles. The van der Waals surface area contributed by atoms with Crippen molar-refractivity contribution in [2.45, 2.75) is 84.0 Å². The molecular formula is C26H41NO3. The summed E-state index contributed by atoms with van der Waals surface area (Å²) in [6.07, 6.45) is 29.3. The van der Waals surface area contributed by atoms with Crippen LogP contribution in [-0.4, -0.2) is 35.0 Å². The average molecular weight is 416 g/mol. The van der Waals surface area contributed by atoms with Gasteiger partial charge in [0.25, 0.3) is 0 Å². The maximum atomic E-state index is 12.2. The SMILES string of the molecule is CCCCC/C=C/C/C=C/C/C=C/C/C=C/CCCC(=O)N1CCCC(C(=O)O)C1. The van der Waals surface area contributed by atoms with Gasteiger partial charge in [0.15, 0.2) is 0 Å². The first-order chi connectivity index (χ1) is 14.6. The van der Waals surface area contributed by atoms with Gasteiger partial charge in [0.1, 0.15) is 0 Å². The molecule has 0 spiro atoms. The predicted molar refractivity (Wildman–Crippen MR) is 125 cm³/mol. The monoisotopic (exact) mass is 415 g/mol. The molecule has 4 nitrogen and oxygen atoms in total. The zero-order valence-corrected chi connectivity index (χ0v) is 18.8. The van der Waals surface area contributed by atoms with Crippen LogP contribution < -0.4 is 0 Å². The maximum Gasteiger partial charge on any atom is 0.308 e. The highest BCUT2D eigenvalue weighted by molar-refractivity contribution is 5.78. The third-order valence-electron chi connectivity index (χ3n) is 5.34. The second-order valence-corrected chi connectivity index (χ2v) is 8.00. The molecule has 1 fully saturated rings. The Labute approximate surface area is 183 Å². The van der Waals surface area contributed by atoms with Crippen molar-refractivity contribution in [3.05, 3.63) is 48.6 Å². The van der Waals surface area contributed by atoms with Crippen LogP contribution in [0.4, 0.5) is 0 Å². The summed E-state index contributed by atoms with van der Waals surface area (Å²) in [7, 11) is 0. The molecule has 1 amide bonds. The second kappa shape index (κ2) is 17.7. The number of aliphatic carboxylic acids is 1. The van der Waals surface area contributed by atoms with E-state index in [2.05, 4.69) is 55.5 Å². The van der Waals surface area contributed by atoms with E-state index in [9.17, 15) is 9.59 Å². The molecule has 1 N–H and O–H groups in total. The van der Waals surface area contributed by atoms with Crippen molar-refractivity contribution in [3.8, 4) is 0 Å². The molecule has 1 aliphatic rings. The van der Waals surface area contributed by atoms with Crippen LogP contribution in [0.2, 0.25) is 0 Å². The molecule has 1 atom stereocenters. The molecule has 1 aliphatic heterocycles. The number of unbranched alkanes of at least 4 members (excludes halogenated alkanes) is 4. The molecule has 0 radical (unpaired) electrons. The number of rotatable bonds is 15. The van der Waals surface area contributed by atoms with Gasteiger partial charge in [-0.3, -0.25) is 9.59 Å². The van der Waals surface area contributed by atoms with Crippen molar-refractivity contribution in [2.24, 2.45) is 5.92 Å². The molecule has 168 valence electrons. The summed E-state index contributed by atoms with van der Waals surface area (Å²) >= 11 is 0. The van der Waals surface area contributed by atoms with E-state index in [1.54, 1.807) is 4.90 Å². The predicted octanol–water partition coefficient (Wildman–Crippen LogP) is 6.46. The van der Waals surface area contributed by atoms with Crippen LogP contribution in [0.3, 0.4) is 0 Å². The lowest BCUT2D eigenvalue weighted by molar-refractivity contribution is -0.145. The number of likely N-dealkylation sites (tertiary alicyclic amines) is 1. The standard InChI is InChI=1S/C26H41NO3/c1-2-3-4-5-6-7-8-9-10-11-12-13-14-15-16-17-18-21-25(28)27-22-19-20-24(23-27)26(29)30/h6-7,9-10,12-13,15-16,24H,2-5,8,11,14,17-23H2,1H3,(H,29,30)/b7-6+,10-9+,13-12+,16-15+. The number of carboxylic acids is 1. The van der Waals surface area contributed by atoms with Crippen LogP contribution in [0.5, 0.6) is 0 Å². The Morgan fingerprint density at radius 2 is 1.43 bits per heavy atom. The van der Waals surface area contributed by atoms with Crippen LogP contribution in [0, 0.1) is 5.92 Å². The van der Waals surface area contributed by atoms with Crippen molar-refractivity contribution in [1.29, 1.82) is 0 Å².